The molecule has 3 rings (SSSR count). The third-order valence-electron chi connectivity index (χ3n) is 4.36. The van der Waals surface area contributed by atoms with Gasteiger partial charge in [0.25, 0.3) is 0 Å². The van der Waals surface area contributed by atoms with Crippen LogP contribution in [0.5, 0.6) is 0 Å². The van der Waals surface area contributed by atoms with Crippen molar-refractivity contribution in [2.45, 2.75) is 25.6 Å². The third kappa shape index (κ3) is 4.57. The lowest BCUT2D eigenvalue weighted by Gasteiger charge is -2.36. The van der Waals surface area contributed by atoms with Crippen molar-refractivity contribution in [3.05, 3.63) is 52.8 Å². The van der Waals surface area contributed by atoms with Gasteiger partial charge in [-0.2, -0.15) is 5.10 Å². The van der Waals surface area contributed by atoms with Gasteiger partial charge in [-0.1, -0.05) is 23.7 Å². The molecule has 2 heterocycles. The smallest absolute Gasteiger partial charge is 0.0896 e. The first-order valence-electron chi connectivity index (χ1n) is 8.40. The summed E-state index contributed by atoms with van der Waals surface area (Å²) in [6, 6.07) is 8.18. The van der Waals surface area contributed by atoms with Crippen LogP contribution < -0.4 is 5.32 Å². The normalized spacial score (nSPS) is 20.2. The van der Waals surface area contributed by atoms with Crippen LogP contribution in [0.1, 0.15) is 17.2 Å². The topological polar surface area (TPSA) is 42.3 Å². The van der Waals surface area contributed by atoms with Crippen molar-refractivity contribution in [2.75, 3.05) is 33.3 Å². The van der Waals surface area contributed by atoms with Crippen molar-refractivity contribution in [3.63, 3.8) is 0 Å². The first-order chi connectivity index (χ1) is 11.6. The minimum atomic E-state index is 0.129. The van der Waals surface area contributed by atoms with Gasteiger partial charge in [-0.25, -0.2) is 0 Å². The lowest BCUT2D eigenvalue weighted by atomic mass is 10.00. The number of morpholine rings is 1. The number of aryl methyl sites for hydroxylation is 1. The predicted octanol–water partition coefficient (Wildman–Crippen LogP) is 2.51. The molecule has 6 heteroatoms. The third-order valence-corrected chi connectivity index (χ3v) is 4.62. The maximum Gasteiger partial charge on any atom is 0.0896 e. The number of aromatic nitrogens is 2. The minimum Gasteiger partial charge on any atom is -0.374 e. The number of rotatable bonds is 6. The number of benzene rings is 1. The van der Waals surface area contributed by atoms with Crippen molar-refractivity contribution < 1.29 is 4.74 Å². The molecule has 1 aromatic heterocycles. The number of nitrogens with one attached hydrogen (secondary N) is 1. The molecule has 24 heavy (non-hydrogen) atoms. The molecule has 2 aromatic rings. The maximum absolute atomic E-state index is 6.04. The highest BCUT2D eigenvalue weighted by molar-refractivity contribution is 6.30. The molecule has 5 nitrogen and oxygen atoms in total. The predicted molar refractivity (Wildman–Crippen MR) is 96.4 cm³/mol. The van der Waals surface area contributed by atoms with Crippen molar-refractivity contribution >= 4 is 11.6 Å². The van der Waals surface area contributed by atoms with Gasteiger partial charge in [0.15, 0.2) is 0 Å². The van der Waals surface area contributed by atoms with Gasteiger partial charge in [0.1, 0.15) is 0 Å². The number of ether oxygens (including phenoxy) is 1. The molecule has 0 bridgehead atoms. The van der Waals surface area contributed by atoms with Crippen LogP contribution in [0.15, 0.2) is 36.7 Å². The van der Waals surface area contributed by atoms with Gasteiger partial charge in [0, 0.05) is 30.9 Å². The van der Waals surface area contributed by atoms with Crippen molar-refractivity contribution in [1.29, 1.82) is 0 Å². The second-order valence-corrected chi connectivity index (χ2v) is 6.87. The fraction of sp³-hybridized carbons (Fsp3) is 0.500. The molecule has 1 fully saturated rings. The van der Waals surface area contributed by atoms with Crippen LogP contribution in [0.25, 0.3) is 0 Å². The average molecular weight is 349 g/mol. The van der Waals surface area contributed by atoms with Crippen molar-refractivity contribution in [2.24, 2.45) is 0 Å². The number of halogens is 1. The molecule has 1 N–H and O–H groups in total. The van der Waals surface area contributed by atoms with Crippen molar-refractivity contribution in [1.82, 2.24) is 20.0 Å². The van der Waals surface area contributed by atoms with E-state index < -0.39 is 0 Å². The van der Waals surface area contributed by atoms with Crippen LogP contribution in [0, 0.1) is 6.92 Å². The van der Waals surface area contributed by atoms with E-state index in [9.17, 15) is 0 Å². The SMILES string of the molecule is Cc1cnn(CCN[C@@H](c2ccc(Cl)cc2)[C@H]2CN(C)CCO2)c1. The minimum absolute atomic E-state index is 0.129. The highest BCUT2D eigenvalue weighted by atomic mass is 35.5. The Labute approximate surface area is 148 Å². The summed E-state index contributed by atoms with van der Waals surface area (Å²) >= 11 is 6.04. The molecular weight excluding hydrogens is 324 g/mol. The zero-order valence-electron chi connectivity index (χ0n) is 14.3. The molecule has 0 amide bonds. The van der Waals surface area contributed by atoms with Crippen molar-refractivity contribution in [3.8, 4) is 0 Å². The van der Waals surface area contributed by atoms with E-state index in [1.807, 2.05) is 23.0 Å². The standard InChI is InChI=1S/C18H25ClN4O/c1-14-11-21-23(12-14)8-7-20-18(15-3-5-16(19)6-4-15)17-13-22(2)9-10-24-17/h3-6,11-12,17-18,20H,7-10,13H2,1-2H3/t17-,18+/m1/s1. The molecule has 1 aliphatic rings. The van der Waals surface area contributed by atoms with Gasteiger partial charge < -0.3 is 15.0 Å². The summed E-state index contributed by atoms with van der Waals surface area (Å²) in [5.74, 6) is 0. The Balaban J connectivity index is 1.67. The zero-order valence-corrected chi connectivity index (χ0v) is 15.0. The molecule has 0 aliphatic carbocycles. The van der Waals surface area contributed by atoms with E-state index in [2.05, 4.69) is 47.6 Å². The van der Waals surface area contributed by atoms with E-state index in [0.29, 0.717) is 0 Å². The van der Waals surface area contributed by atoms with E-state index in [-0.39, 0.29) is 12.1 Å². The first kappa shape index (κ1) is 17.4. The van der Waals surface area contributed by atoms with Gasteiger partial charge in [0.2, 0.25) is 0 Å². The molecule has 1 saturated heterocycles. The molecule has 0 radical (unpaired) electrons. The fourth-order valence-electron chi connectivity index (χ4n) is 3.07. The molecule has 0 spiro atoms. The summed E-state index contributed by atoms with van der Waals surface area (Å²) in [5.41, 5.74) is 2.39. The summed E-state index contributed by atoms with van der Waals surface area (Å²) in [6.45, 7) is 6.39. The Morgan fingerprint density at radius 1 is 1.38 bits per heavy atom. The van der Waals surface area contributed by atoms with Crippen LogP contribution in [0.4, 0.5) is 0 Å². The average Bonchev–Trinajstić information content (AvgIpc) is 2.98. The van der Waals surface area contributed by atoms with E-state index in [0.717, 1.165) is 37.8 Å². The van der Waals surface area contributed by atoms with Crippen LogP contribution in [-0.4, -0.2) is 54.1 Å². The van der Waals surface area contributed by atoms with Crippen LogP contribution >= 0.6 is 11.6 Å². The Hall–Kier alpha value is -1.40. The highest BCUT2D eigenvalue weighted by Crippen LogP contribution is 2.23. The Morgan fingerprint density at radius 3 is 2.83 bits per heavy atom. The Morgan fingerprint density at radius 2 is 2.17 bits per heavy atom. The van der Waals surface area contributed by atoms with E-state index in [1.54, 1.807) is 0 Å². The van der Waals surface area contributed by atoms with Gasteiger partial charge in [0.05, 0.1) is 31.5 Å². The maximum atomic E-state index is 6.04. The van der Waals surface area contributed by atoms with Gasteiger partial charge >= 0.3 is 0 Å². The van der Waals surface area contributed by atoms with Gasteiger partial charge in [-0.3, -0.25) is 4.68 Å². The quantitative estimate of drug-likeness (QED) is 0.871. The highest BCUT2D eigenvalue weighted by Gasteiger charge is 2.27. The summed E-state index contributed by atoms with van der Waals surface area (Å²) in [6.07, 6.45) is 4.07. The first-order valence-corrected chi connectivity index (χ1v) is 8.77. The van der Waals surface area contributed by atoms with Crippen LogP contribution in [0.2, 0.25) is 5.02 Å². The largest absolute Gasteiger partial charge is 0.374 e. The fourth-order valence-corrected chi connectivity index (χ4v) is 3.20. The van der Waals surface area contributed by atoms with E-state index in [1.165, 1.54) is 11.1 Å². The Bertz CT molecular complexity index is 643. The molecule has 2 atom stereocenters. The van der Waals surface area contributed by atoms with Gasteiger partial charge in [-0.15, -0.1) is 0 Å². The second-order valence-electron chi connectivity index (χ2n) is 6.44. The number of likely N-dealkylation sites (N-methyl/N-ethyl adjacent to an activating group) is 1. The summed E-state index contributed by atoms with van der Waals surface area (Å²) in [7, 11) is 2.14. The number of nitrogens with zero attached hydrogens (tertiary/aromatic N) is 3. The number of hydrogen-bond donors (Lipinski definition) is 1. The summed E-state index contributed by atoms with van der Waals surface area (Å²) in [4.78, 5) is 2.32. The molecule has 130 valence electrons. The molecular formula is C18H25ClN4O. The summed E-state index contributed by atoms with van der Waals surface area (Å²) in [5, 5.41) is 8.74. The lowest BCUT2D eigenvalue weighted by Crippen LogP contribution is -2.47. The second kappa shape index (κ2) is 8.12. The molecule has 0 saturated carbocycles. The van der Waals surface area contributed by atoms with Crippen LogP contribution in [-0.2, 0) is 11.3 Å². The summed E-state index contributed by atoms with van der Waals surface area (Å²) < 4.78 is 8.01. The molecule has 1 aliphatic heterocycles. The van der Waals surface area contributed by atoms with E-state index in [4.69, 9.17) is 16.3 Å². The Kier molecular flexibility index (Phi) is 5.89. The van der Waals surface area contributed by atoms with Crippen LogP contribution in [0.3, 0.4) is 0 Å². The molecule has 0 unspecified atom stereocenters. The van der Waals surface area contributed by atoms with Gasteiger partial charge in [-0.05, 0) is 37.2 Å². The molecule has 1 aromatic carbocycles. The monoisotopic (exact) mass is 348 g/mol. The lowest BCUT2D eigenvalue weighted by molar-refractivity contribution is -0.0394. The number of hydrogen-bond acceptors (Lipinski definition) is 4. The zero-order chi connectivity index (χ0) is 16.9. The van der Waals surface area contributed by atoms with E-state index >= 15 is 0 Å².